The van der Waals surface area contributed by atoms with Crippen LogP contribution >= 0.6 is 0 Å². The zero-order valence-electron chi connectivity index (χ0n) is 10.6. The Hall–Kier alpha value is -1.49. The van der Waals surface area contributed by atoms with Crippen molar-refractivity contribution >= 4 is 5.91 Å². The van der Waals surface area contributed by atoms with Crippen LogP contribution in [0.3, 0.4) is 0 Å². The molecular weight excluding hydrogens is 252 g/mol. The average molecular weight is 269 g/mol. The molecule has 1 aliphatic carbocycles. The first-order chi connectivity index (χ1) is 9.15. The Balaban J connectivity index is 2.25. The summed E-state index contributed by atoms with van der Waals surface area (Å²) < 4.78 is 26.8. The lowest BCUT2D eigenvalue weighted by atomic mass is 10.1. The molecule has 0 bridgehead atoms. The van der Waals surface area contributed by atoms with Gasteiger partial charge in [-0.3, -0.25) is 4.79 Å². The molecule has 1 amide bonds. The summed E-state index contributed by atoms with van der Waals surface area (Å²) >= 11 is 0. The molecule has 1 aliphatic rings. The van der Waals surface area contributed by atoms with Gasteiger partial charge in [-0.2, -0.15) is 0 Å². The van der Waals surface area contributed by atoms with Gasteiger partial charge >= 0.3 is 0 Å². The number of amides is 1. The summed E-state index contributed by atoms with van der Waals surface area (Å²) in [6.45, 7) is -0.0291. The highest BCUT2D eigenvalue weighted by Gasteiger charge is 2.29. The fourth-order valence-electron chi connectivity index (χ4n) is 2.60. The van der Waals surface area contributed by atoms with Gasteiger partial charge in [-0.1, -0.05) is 18.9 Å². The molecule has 0 atom stereocenters. The first-order valence-corrected chi connectivity index (χ1v) is 6.51. The number of aliphatic hydroxyl groups is 1. The Morgan fingerprint density at radius 3 is 2.63 bits per heavy atom. The van der Waals surface area contributed by atoms with Gasteiger partial charge in [-0.15, -0.1) is 0 Å². The summed E-state index contributed by atoms with van der Waals surface area (Å²) in [4.78, 5) is 13.8. The highest BCUT2D eigenvalue weighted by atomic mass is 19.2. The molecule has 0 radical (unpaired) electrons. The van der Waals surface area contributed by atoms with Crippen molar-refractivity contribution in [3.05, 3.63) is 35.4 Å². The molecule has 0 unspecified atom stereocenters. The largest absolute Gasteiger partial charge is 0.395 e. The van der Waals surface area contributed by atoms with Gasteiger partial charge < -0.3 is 10.0 Å². The summed E-state index contributed by atoms with van der Waals surface area (Å²) in [5, 5.41) is 9.05. The number of aliphatic hydroxyl groups excluding tert-OH is 1. The fourth-order valence-corrected chi connectivity index (χ4v) is 2.60. The summed E-state index contributed by atoms with van der Waals surface area (Å²) in [6, 6.07) is 3.59. The maximum atomic E-state index is 13.7. The van der Waals surface area contributed by atoms with Crippen molar-refractivity contribution in [3.8, 4) is 0 Å². The number of hydrogen-bond donors (Lipinski definition) is 1. The van der Waals surface area contributed by atoms with E-state index in [1.165, 1.54) is 17.0 Å². The molecular formula is C14H17F2NO2. The van der Waals surface area contributed by atoms with Crippen molar-refractivity contribution < 1.29 is 18.7 Å². The summed E-state index contributed by atoms with van der Waals surface area (Å²) in [5.74, 6) is -2.69. The van der Waals surface area contributed by atoms with E-state index in [0.717, 1.165) is 31.7 Å². The second-order valence-corrected chi connectivity index (χ2v) is 4.76. The van der Waals surface area contributed by atoms with Gasteiger partial charge in [0.2, 0.25) is 0 Å². The van der Waals surface area contributed by atoms with Crippen LogP contribution < -0.4 is 0 Å². The van der Waals surface area contributed by atoms with Gasteiger partial charge in [0.25, 0.3) is 5.91 Å². The normalized spacial score (nSPS) is 15.7. The second kappa shape index (κ2) is 6.10. The third kappa shape index (κ3) is 2.92. The Morgan fingerprint density at radius 2 is 2.00 bits per heavy atom. The number of halogens is 2. The Kier molecular flexibility index (Phi) is 4.47. The van der Waals surface area contributed by atoms with E-state index in [1.54, 1.807) is 0 Å². The van der Waals surface area contributed by atoms with Gasteiger partial charge in [0.15, 0.2) is 11.6 Å². The first-order valence-electron chi connectivity index (χ1n) is 6.51. The number of hydrogen-bond acceptors (Lipinski definition) is 2. The van der Waals surface area contributed by atoms with Gasteiger partial charge in [-0.25, -0.2) is 8.78 Å². The minimum absolute atomic E-state index is 0.0160. The lowest BCUT2D eigenvalue weighted by Gasteiger charge is -2.28. The Morgan fingerprint density at radius 1 is 1.32 bits per heavy atom. The maximum Gasteiger partial charge on any atom is 0.257 e. The standard InChI is InChI=1S/C14H17F2NO2/c15-12-7-3-6-11(13(12)16)14(19)17(8-9-18)10-4-1-2-5-10/h3,6-7,10,18H,1-2,4-5,8-9H2. The molecule has 0 spiro atoms. The second-order valence-electron chi connectivity index (χ2n) is 4.76. The third-order valence-corrected chi connectivity index (χ3v) is 3.55. The van der Waals surface area contributed by atoms with E-state index in [9.17, 15) is 13.6 Å². The van der Waals surface area contributed by atoms with E-state index in [2.05, 4.69) is 0 Å². The molecule has 2 rings (SSSR count). The topological polar surface area (TPSA) is 40.5 Å². The van der Waals surface area contributed by atoms with Gasteiger partial charge in [0.1, 0.15) is 0 Å². The van der Waals surface area contributed by atoms with Crippen LogP contribution in [-0.2, 0) is 0 Å². The van der Waals surface area contributed by atoms with E-state index in [1.807, 2.05) is 0 Å². The van der Waals surface area contributed by atoms with Crippen LogP contribution in [0.2, 0.25) is 0 Å². The summed E-state index contributed by atoms with van der Waals surface area (Å²) in [7, 11) is 0. The van der Waals surface area contributed by atoms with E-state index in [4.69, 9.17) is 5.11 Å². The zero-order valence-corrected chi connectivity index (χ0v) is 10.6. The molecule has 1 fully saturated rings. The van der Waals surface area contributed by atoms with Crippen LogP contribution in [0.4, 0.5) is 8.78 Å². The predicted octanol–water partition coefficient (Wildman–Crippen LogP) is 2.34. The monoisotopic (exact) mass is 269 g/mol. The van der Waals surface area contributed by atoms with Crippen LogP contribution in [0.5, 0.6) is 0 Å². The lowest BCUT2D eigenvalue weighted by molar-refractivity contribution is 0.0632. The molecule has 1 aromatic rings. The Labute approximate surface area is 110 Å². The molecule has 1 N–H and O–H groups in total. The van der Waals surface area contributed by atoms with Crippen molar-refractivity contribution in [2.45, 2.75) is 31.7 Å². The number of rotatable bonds is 4. The highest BCUT2D eigenvalue weighted by molar-refractivity contribution is 5.94. The van der Waals surface area contributed by atoms with Gasteiger partial charge in [-0.05, 0) is 25.0 Å². The lowest BCUT2D eigenvalue weighted by Crippen LogP contribution is -2.41. The van der Waals surface area contributed by atoms with Gasteiger partial charge in [0.05, 0.1) is 12.2 Å². The van der Waals surface area contributed by atoms with Crippen LogP contribution in [0.1, 0.15) is 36.0 Å². The first kappa shape index (κ1) is 13.9. The third-order valence-electron chi connectivity index (χ3n) is 3.55. The van der Waals surface area contributed by atoms with E-state index >= 15 is 0 Å². The fraction of sp³-hybridized carbons (Fsp3) is 0.500. The number of carbonyl (C=O) groups excluding carboxylic acids is 1. The van der Waals surface area contributed by atoms with Crippen LogP contribution in [0.15, 0.2) is 18.2 Å². The van der Waals surface area contributed by atoms with Crippen molar-refractivity contribution in [3.63, 3.8) is 0 Å². The zero-order chi connectivity index (χ0) is 13.8. The molecule has 1 aromatic carbocycles. The van der Waals surface area contributed by atoms with Crippen LogP contribution in [0.25, 0.3) is 0 Å². The van der Waals surface area contributed by atoms with Crippen molar-refractivity contribution in [1.82, 2.24) is 4.90 Å². The molecule has 3 nitrogen and oxygen atoms in total. The predicted molar refractivity (Wildman–Crippen MR) is 66.7 cm³/mol. The molecule has 104 valence electrons. The van der Waals surface area contributed by atoms with Crippen molar-refractivity contribution in [2.75, 3.05) is 13.2 Å². The van der Waals surface area contributed by atoms with E-state index < -0.39 is 17.5 Å². The van der Waals surface area contributed by atoms with Gasteiger partial charge in [0, 0.05) is 12.6 Å². The van der Waals surface area contributed by atoms with Crippen LogP contribution in [-0.4, -0.2) is 35.1 Å². The molecule has 0 aliphatic heterocycles. The minimum Gasteiger partial charge on any atom is -0.395 e. The molecule has 0 aromatic heterocycles. The van der Waals surface area contributed by atoms with E-state index in [0.29, 0.717) is 0 Å². The maximum absolute atomic E-state index is 13.7. The smallest absolute Gasteiger partial charge is 0.257 e. The minimum atomic E-state index is -1.12. The number of benzene rings is 1. The summed E-state index contributed by atoms with van der Waals surface area (Å²) in [5.41, 5.74) is -0.264. The molecule has 0 saturated heterocycles. The molecule has 0 heterocycles. The van der Waals surface area contributed by atoms with Crippen LogP contribution in [0, 0.1) is 11.6 Å². The quantitative estimate of drug-likeness (QED) is 0.911. The molecule has 1 saturated carbocycles. The highest BCUT2D eigenvalue weighted by Crippen LogP contribution is 2.25. The molecule has 19 heavy (non-hydrogen) atoms. The van der Waals surface area contributed by atoms with Crippen molar-refractivity contribution in [1.29, 1.82) is 0 Å². The molecule has 5 heteroatoms. The average Bonchev–Trinajstić information content (AvgIpc) is 2.92. The summed E-state index contributed by atoms with van der Waals surface area (Å²) in [6.07, 6.45) is 3.74. The number of nitrogens with zero attached hydrogens (tertiary/aromatic N) is 1. The Bertz CT molecular complexity index is 459. The van der Waals surface area contributed by atoms with E-state index in [-0.39, 0.29) is 24.8 Å². The SMILES string of the molecule is O=C(c1cccc(F)c1F)N(CCO)C1CCCC1. The number of carbonyl (C=O) groups is 1. The van der Waals surface area contributed by atoms with Crippen molar-refractivity contribution in [2.24, 2.45) is 0 Å².